The van der Waals surface area contributed by atoms with Crippen molar-refractivity contribution in [3.63, 3.8) is 0 Å². The number of halogens is 2. The van der Waals surface area contributed by atoms with E-state index in [1.807, 2.05) is 0 Å². The van der Waals surface area contributed by atoms with Gasteiger partial charge in [-0.2, -0.15) is 0 Å². The Bertz CT molecular complexity index is 615. The quantitative estimate of drug-likeness (QED) is 0.644. The van der Waals surface area contributed by atoms with Gasteiger partial charge in [0.15, 0.2) is 0 Å². The number of phenols is 4. The van der Waals surface area contributed by atoms with Crippen LogP contribution in [0.2, 0.25) is 10.0 Å². The third-order valence-corrected chi connectivity index (χ3v) is 3.35. The first-order valence-corrected chi connectivity index (χ1v) is 6.62. The molecule has 0 fully saturated rings. The summed E-state index contributed by atoms with van der Waals surface area (Å²) in [4.78, 5) is 0. The molecule has 2 aromatic rings. The Morgan fingerprint density at radius 1 is 0.714 bits per heavy atom. The summed E-state index contributed by atoms with van der Waals surface area (Å²) < 4.78 is 5.33. The molecule has 0 unspecified atom stereocenters. The largest absolute Gasteiger partial charge is 0.508 e. The van der Waals surface area contributed by atoms with E-state index < -0.39 is 0 Å². The number of rotatable bonds is 4. The Morgan fingerprint density at radius 3 is 1.48 bits per heavy atom. The summed E-state index contributed by atoms with van der Waals surface area (Å²) in [6.45, 7) is -0.0979. The van der Waals surface area contributed by atoms with Crippen molar-refractivity contribution in [2.45, 2.75) is 13.2 Å². The summed E-state index contributed by atoms with van der Waals surface area (Å²) >= 11 is 11.5. The van der Waals surface area contributed by atoms with Crippen molar-refractivity contribution in [3.05, 3.63) is 45.4 Å². The second-order valence-electron chi connectivity index (χ2n) is 4.36. The van der Waals surface area contributed by atoms with Crippen LogP contribution in [0, 0.1) is 0 Å². The highest BCUT2D eigenvalue weighted by molar-refractivity contribution is 6.32. The van der Waals surface area contributed by atoms with Crippen LogP contribution in [0.5, 0.6) is 23.0 Å². The van der Waals surface area contributed by atoms with Gasteiger partial charge in [0.05, 0.1) is 23.3 Å². The molecule has 2 rings (SSSR count). The van der Waals surface area contributed by atoms with E-state index in [-0.39, 0.29) is 46.3 Å². The molecule has 0 aliphatic rings. The van der Waals surface area contributed by atoms with Gasteiger partial charge in [-0.1, -0.05) is 23.2 Å². The lowest BCUT2D eigenvalue weighted by Crippen LogP contribution is -1.96. The Morgan fingerprint density at radius 2 is 1.10 bits per heavy atom. The smallest absolute Gasteiger partial charge is 0.139 e. The molecule has 0 bridgehead atoms. The SMILES string of the molecule is Oc1cc(Cl)c(O)c(COCc2cc(O)cc(Cl)c2O)c1. The van der Waals surface area contributed by atoms with Gasteiger partial charge in [-0.25, -0.2) is 0 Å². The number of hydrogen-bond donors (Lipinski definition) is 4. The molecule has 5 nitrogen and oxygen atoms in total. The van der Waals surface area contributed by atoms with Crippen LogP contribution in [0.15, 0.2) is 24.3 Å². The molecule has 0 saturated heterocycles. The van der Waals surface area contributed by atoms with Crippen molar-refractivity contribution < 1.29 is 25.2 Å². The first-order valence-electron chi connectivity index (χ1n) is 5.87. The zero-order valence-corrected chi connectivity index (χ0v) is 12.2. The van der Waals surface area contributed by atoms with Crippen LogP contribution in [0.4, 0.5) is 0 Å². The number of phenolic OH excluding ortho intramolecular Hbond substituents is 4. The fraction of sp³-hybridized carbons (Fsp3) is 0.143. The molecule has 0 atom stereocenters. The lowest BCUT2D eigenvalue weighted by Gasteiger charge is -2.10. The zero-order chi connectivity index (χ0) is 15.6. The van der Waals surface area contributed by atoms with Gasteiger partial charge in [0.1, 0.15) is 23.0 Å². The van der Waals surface area contributed by atoms with Crippen LogP contribution in [0.25, 0.3) is 0 Å². The lowest BCUT2D eigenvalue weighted by atomic mass is 10.2. The molecule has 2 aromatic carbocycles. The normalized spacial score (nSPS) is 10.8. The van der Waals surface area contributed by atoms with E-state index in [9.17, 15) is 20.4 Å². The van der Waals surface area contributed by atoms with Crippen LogP contribution >= 0.6 is 23.2 Å². The van der Waals surface area contributed by atoms with Crippen LogP contribution in [-0.4, -0.2) is 20.4 Å². The van der Waals surface area contributed by atoms with E-state index in [0.717, 1.165) is 0 Å². The van der Waals surface area contributed by atoms with E-state index in [1.54, 1.807) is 0 Å². The Hall–Kier alpha value is -1.82. The maximum atomic E-state index is 9.73. The monoisotopic (exact) mass is 330 g/mol. The fourth-order valence-corrected chi connectivity index (χ4v) is 2.24. The van der Waals surface area contributed by atoms with Crippen LogP contribution in [0.1, 0.15) is 11.1 Å². The number of benzene rings is 2. The second kappa shape index (κ2) is 6.30. The number of ether oxygens (including phenoxy) is 1. The minimum Gasteiger partial charge on any atom is -0.508 e. The molecular formula is C14H12Cl2O5. The van der Waals surface area contributed by atoms with Crippen LogP contribution < -0.4 is 0 Å². The van der Waals surface area contributed by atoms with Crippen LogP contribution in [-0.2, 0) is 18.0 Å². The molecule has 4 N–H and O–H groups in total. The summed E-state index contributed by atoms with van der Waals surface area (Å²) in [5.41, 5.74) is 0.594. The molecular weight excluding hydrogens is 319 g/mol. The first kappa shape index (κ1) is 15.6. The number of aromatic hydroxyl groups is 4. The van der Waals surface area contributed by atoms with Gasteiger partial charge in [-0.05, 0) is 12.1 Å². The highest BCUT2D eigenvalue weighted by Gasteiger charge is 2.11. The Labute approximate surface area is 130 Å². The molecule has 0 amide bonds. The van der Waals surface area contributed by atoms with Gasteiger partial charge in [-0.3, -0.25) is 0 Å². The Balaban J connectivity index is 2.09. The summed E-state index contributed by atoms with van der Waals surface area (Å²) in [6, 6.07) is 5.05. The summed E-state index contributed by atoms with van der Waals surface area (Å²) in [5.74, 6) is -0.570. The molecule has 0 aliphatic carbocycles. The molecule has 0 heterocycles. The molecule has 0 radical (unpaired) electrons. The van der Waals surface area contributed by atoms with Crippen molar-refractivity contribution in [2.24, 2.45) is 0 Å². The van der Waals surface area contributed by atoms with E-state index in [1.165, 1.54) is 24.3 Å². The highest BCUT2D eigenvalue weighted by atomic mass is 35.5. The van der Waals surface area contributed by atoms with E-state index in [0.29, 0.717) is 11.1 Å². The highest BCUT2D eigenvalue weighted by Crippen LogP contribution is 2.34. The second-order valence-corrected chi connectivity index (χ2v) is 5.18. The van der Waals surface area contributed by atoms with E-state index in [4.69, 9.17) is 27.9 Å². The van der Waals surface area contributed by atoms with Gasteiger partial charge in [0, 0.05) is 23.3 Å². The minimum atomic E-state index is -0.187. The summed E-state index contributed by atoms with van der Waals surface area (Å²) in [6.07, 6.45) is 0. The molecule has 7 heteroatoms. The first-order chi connectivity index (χ1) is 9.88. The maximum absolute atomic E-state index is 9.73. The van der Waals surface area contributed by atoms with Crippen molar-refractivity contribution in [3.8, 4) is 23.0 Å². The van der Waals surface area contributed by atoms with Crippen LogP contribution in [0.3, 0.4) is 0 Å². The van der Waals surface area contributed by atoms with Crippen molar-refractivity contribution >= 4 is 23.2 Å². The fourth-order valence-electron chi connectivity index (χ4n) is 1.77. The van der Waals surface area contributed by atoms with E-state index >= 15 is 0 Å². The molecule has 0 saturated carbocycles. The molecule has 112 valence electrons. The average molecular weight is 331 g/mol. The molecule has 0 spiro atoms. The molecule has 0 aromatic heterocycles. The zero-order valence-electron chi connectivity index (χ0n) is 10.7. The third kappa shape index (κ3) is 3.64. The summed E-state index contributed by atoms with van der Waals surface area (Å²) in [5, 5.41) is 38.3. The predicted molar refractivity (Wildman–Crippen MR) is 78.1 cm³/mol. The van der Waals surface area contributed by atoms with Crippen molar-refractivity contribution in [1.29, 1.82) is 0 Å². The molecule has 21 heavy (non-hydrogen) atoms. The van der Waals surface area contributed by atoms with Gasteiger partial charge in [-0.15, -0.1) is 0 Å². The minimum absolute atomic E-state index is 0.0110. The Kier molecular flexibility index (Phi) is 4.67. The topological polar surface area (TPSA) is 90.2 Å². The molecule has 0 aliphatic heterocycles. The standard InChI is InChI=1S/C14H12Cl2O5/c15-11-3-9(17)1-7(13(11)19)5-21-6-8-2-10(18)4-12(16)14(8)20/h1-4,17-20H,5-6H2. The van der Waals surface area contributed by atoms with Crippen molar-refractivity contribution in [2.75, 3.05) is 0 Å². The number of hydrogen-bond acceptors (Lipinski definition) is 5. The van der Waals surface area contributed by atoms with Gasteiger partial charge in [0.2, 0.25) is 0 Å². The predicted octanol–water partition coefficient (Wildman–Crippen LogP) is 3.53. The van der Waals surface area contributed by atoms with Gasteiger partial charge in [0.25, 0.3) is 0 Å². The van der Waals surface area contributed by atoms with Gasteiger partial charge >= 0.3 is 0 Å². The lowest BCUT2D eigenvalue weighted by molar-refractivity contribution is 0.103. The third-order valence-electron chi connectivity index (χ3n) is 2.77. The average Bonchev–Trinajstić information content (AvgIpc) is 2.40. The van der Waals surface area contributed by atoms with E-state index in [2.05, 4.69) is 0 Å². The van der Waals surface area contributed by atoms with Crippen molar-refractivity contribution in [1.82, 2.24) is 0 Å². The summed E-state index contributed by atoms with van der Waals surface area (Å²) in [7, 11) is 0. The van der Waals surface area contributed by atoms with Gasteiger partial charge < -0.3 is 25.2 Å². The maximum Gasteiger partial charge on any atom is 0.139 e.